The Balaban J connectivity index is 0.000000628. The van der Waals surface area contributed by atoms with E-state index in [1.165, 1.54) is 21.5 Å². The predicted octanol–water partition coefficient (Wildman–Crippen LogP) is 7.90. The third kappa shape index (κ3) is 6.79. The third-order valence-electron chi connectivity index (χ3n) is 4.92. The Bertz CT molecular complexity index is 944. The summed E-state index contributed by atoms with van der Waals surface area (Å²) in [6.45, 7) is 0. The van der Waals surface area contributed by atoms with E-state index in [2.05, 4.69) is 103 Å². The van der Waals surface area contributed by atoms with Crippen molar-refractivity contribution in [2.24, 2.45) is 0 Å². The predicted molar refractivity (Wildman–Crippen MR) is 138 cm³/mol. The topological polar surface area (TPSA) is 0 Å². The van der Waals surface area contributed by atoms with Gasteiger partial charge in [-0.25, -0.2) is 0 Å². The van der Waals surface area contributed by atoms with E-state index < -0.39 is 20.2 Å². The monoisotopic (exact) mass is 556 g/mol. The molecule has 0 saturated carbocycles. The van der Waals surface area contributed by atoms with Crippen LogP contribution in [0.4, 0.5) is 0 Å². The minimum atomic E-state index is -2.21. The molecular formula is C25H21Cl4PZn. The molecule has 0 aliphatic rings. The summed E-state index contributed by atoms with van der Waals surface area (Å²) >= 11 is 3.93. The Hall–Kier alpha value is -0.907. The maximum absolute atomic E-state index is 6.14. The van der Waals surface area contributed by atoms with Crippen LogP contribution in [0.3, 0.4) is 0 Å². The van der Waals surface area contributed by atoms with Gasteiger partial charge in [0, 0.05) is 5.02 Å². The first-order valence-electron chi connectivity index (χ1n) is 9.88. The number of halogens is 4. The molecule has 4 aromatic rings. The van der Waals surface area contributed by atoms with E-state index in [1.807, 2.05) is 12.1 Å². The zero-order chi connectivity index (χ0) is 22.1. The van der Waals surface area contributed by atoms with E-state index in [0.29, 0.717) is 0 Å². The molecule has 0 aliphatic heterocycles. The molecule has 0 radical (unpaired) electrons. The fraction of sp³-hybridized carbons (Fsp3) is 0.0400. The molecule has 0 bridgehead atoms. The Morgan fingerprint density at radius 2 is 0.839 bits per heavy atom. The molecule has 0 atom stereocenters. The van der Waals surface area contributed by atoms with Crippen molar-refractivity contribution in [1.29, 1.82) is 0 Å². The van der Waals surface area contributed by atoms with Gasteiger partial charge in [-0.3, -0.25) is 0 Å². The van der Waals surface area contributed by atoms with E-state index in [-0.39, 0.29) is 0 Å². The maximum atomic E-state index is 6.14. The van der Waals surface area contributed by atoms with Gasteiger partial charge in [0.1, 0.15) is 23.2 Å². The van der Waals surface area contributed by atoms with Crippen LogP contribution in [0.15, 0.2) is 115 Å². The molecule has 0 N–H and O–H groups in total. The van der Waals surface area contributed by atoms with E-state index in [1.54, 1.807) is 0 Å². The molecule has 31 heavy (non-hydrogen) atoms. The second kappa shape index (κ2) is 12.4. The van der Waals surface area contributed by atoms with E-state index in [0.717, 1.165) is 11.2 Å². The van der Waals surface area contributed by atoms with Gasteiger partial charge in [0.05, 0.1) is 6.16 Å². The molecule has 4 aromatic carbocycles. The Morgan fingerprint density at radius 3 is 1.16 bits per heavy atom. The summed E-state index contributed by atoms with van der Waals surface area (Å²) in [5.41, 5.74) is 1.31. The average Bonchev–Trinajstić information content (AvgIpc) is 2.80. The van der Waals surface area contributed by atoms with Crippen LogP contribution in [0, 0.1) is 0 Å². The second-order valence-corrected chi connectivity index (χ2v) is 24.7. The van der Waals surface area contributed by atoms with Gasteiger partial charge in [0.15, 0.2) is 0 Å². The van der Waals surface area contributed by atoms with Gasteiger partial charge in [0.25, 0.3) is 0 Å². The molecule has 0 fully saturated rings. The summed E-state index contributed by atoms with van der Waals surface area (Å²) in [4.78, 5) is 0. The molecule has 0 amide bonds. The van der Waals surface area contributed by atoms with Crippen molar-refractivity contribution >= 4 is 63.9 Å². The minimum absolute atomic E-state index is 0.779. The van der Waals surface area contributed by atoms with E-state index in [4.69, 9.17) is 40.7 Å². The normalized spacial score (nSPS) is 10.7. The number of hydrogen-bond donors (Lipinski definition) is 0. The fourth-order valence-electron chi connectivity index (χ4n) is 3.63. The molecule has 0 unspecified atom stereocenters. The quantitative estimate of drug-likeness (QED) is 0.172. The van der Waals surface area contributed by atoms with Crippen molar-refractivity contribution < 1.29 is 13.0 Å². The molecule has 0 aliphatic carbocycles. The van der Waals surface area contributed by atoms with Crippen LogP contribution in [-0.2, 0) is 19.1 Å². The van der Waals surface area contributed by atoms with Crippen molar-refractivity contribution in [3.05, 3.63) is 126 Å². The third-order valence-corrected chi connectivity index (χ3v) is 9.55. The van der Waals surface area contributed by atoms with Crippen LogP contribution < -0.4 is 15.9 Å². The first kappa shape index (κ1) is 24.7. The summed E-state index contributed by atoms with van der Waals surface area (Å²) in [6.07, 6.45) is 0.974. The standard InChI is InChI=1S/C25H21ClP.3ClH.Zn/c26-22-18-16-21(17-19-22)20-27(23-10-4-1-5-11-23,24-12-6-2-7-13-24)25-14-8-3-9-15-25;;;;/h1-19H,20H2;3*1H;/q+1;;;;+2/p-3. The summed E-state index contributed by atoms with van der Waals surface area (Å²) in [5.74, 6) is 0. The molecule has 6 heteroatoms. The zero-order valence-electron chi connectivity index (χ0n) is 16.8. The van der Waals surface area contributed by atoms with Crippen LogP contribution in [0.1, 0.15) is 5.56 Å². The van der Waals surface area contributed by atoms with Crippen LogP contribution in [0.5, 0.6) is 0 Å². The molecule has 0 heterocycles. The average molecular weight is 560 g/mol. The summed E-state index contributed by atoms with van der Waals surface area (Å²) in [5, 5.41) is 4.98. The second-order valence-electron chi connectivity index (χ2n) is 6.90. The number of hydrogen-bond acceptors (Lipinski definition) is 0. The number of benzene rings is 4. The summed E-state index contributed by atoms with van der Waals surface area (Å²) in [7, 11) is 13.2. The van der Waals surface area contributed by atoms with Crippen molar-refractivity contribution in [2.75, 3.05) is 0 Å². The van der Waals surface area contributed by atoms with E-state index in [9.17, 15) is 0 Å². The van der Waals surface area contributed by atoms with Gasteiger partial charge < -0.3 is 0 Å². The summed E-state index contributed by atoms with van der Waals surface area (Å²) in [6, 6.07) is 41.2. The summed E-state index contributed by atoms with van der Waals surface area (Å²) < 4.78 is 0. The van der Waals surface area contributed by atoms with Gasteiger partial charge in [-0.1, -0.05) is 78.3 Å². The van der Waals surface area contributed by atoms with Gasteiger partial charge >= 0.3 is 42.1 Å². The van der Waals surface area contributed by atoms with E-state index >= 15 is 0 Å². The molecule has 0 spiro atoms. The zero-order valence-corrected chi connectivity index (χ0v) is 23.7. The molecular weight excluding hydrogens is 538 g/mol. The molecule has 4 rings (SSSR count). The van der Waals surface area contributed by atoms with Gasteiger partial charge in [0.2, 0.25) is 0 Å². The van der Waals surface area contributed by atoms with Crippen LogP contribution >= 0.6 is 47.9 Å². The number of rotatable bonds is 5. The first-order valence-corrected chi connectivity index (χ1v) is 23.9. The Kier molecular flexibility index (Phi) is 9.86. The molecule has 0 aromatic heterocycles. The molecule has 0 nitrogen and oxygen atoms in total. The molecule has 156 valence electrons. The van der Waals surface area contributed by atoms with Gasteiger partial charge in [-0.2, -0.15) is 0 Å². The van der Waals surface area contributed by atoms with Crippen molar-refractivity contribution in [2.45, 2.75) is 6.16 Å². The van der Waals surface area contributed by atoms with Crippen molar-refractivity contribution in [3.63, 3.8) is 0 Å². The van der Waals surface area contributed by atoms with Crippen LogP contribution in [0.2, 0.25) is 5.02 Å². The van der Waals surface area contributed by atoms with Crippen LogP contribution in [-0.4, -0.2) is 0 Å². The van der Waals surface area contributed by atoms with Gasteiger partial charge in [-0.05, 0) is 54.1 Å². The Labute approximate surface area is 207 Å². The van der Waals surface area contributed by atoms with Crippen molar-refractivity contribution in [3.8, 4) is 0 Å². The fourth-order valence-corrected chi connectivity index (χ4v) is 8.00. The van der Waals surface area contributed by atoms with Crippen LogP contribution in [0.25, 0.3) is 0 Å². The Morgan fingerprint density at radius 1 is 0.516 bits per heavy atom. The van der Waals surface area contributed by atoms with Crippen molar-refractivity contribution in [1.82, 2.24) is 0 Å². The van der Waals surface area contributed by atoms with Gasteiger partial charge in [-0.15, -0.1) is 0 Å². The first-order chi connectivity index (χ1) is 15.0. The SMILES string of the molecule is Clc1ccc(C[P+](c2ccccc2)(c2ccccc2)c2ccccc2)cc1.[Cl][Zn-]([Cl])[Cl]. The molecule has 0 saturated heterocycles.